The highest BCUT2D eigenvalue weighted by molar-refractivity contribution is 5.74. The number of amides is 1. The molecule has 0 radical (unpaired) electrons. The van der Waals surface area contributed by atoms with Crippen molar-refractivity contribution >= 4 is 12.1 Å². The molecule has 2 rings (SSSR count). The Balaban J connectivity index is 1.98. The zero-order valence-corrected chi connectivity index (χ0v) is 11.4. The molecule has 2 atom stereocenters. The maximum atomic E-state index is 12.8. The number of carboxylic acid groups (broad SMARTS) is 1. The molecule has 1 heterocycles. The average Bonchev–Trinajstić information content (AvgIpc) is 2.91. The summed E-state index contributed by atoms with van der Waals surface area (Å²) in [6.45, 7) is -1.29. The molecule has 0 aliphatic carbocycles. The predicted molar refractivity (Wildman–Crippen MR) is 68.9 cm³/mol. The first-order valence-corrected chi connectivity index (χ1v) is 6.54. The fraction of sp³-hybridized carbons (Fsp3) is 0.429. The van der Waals surface area contributed by atoms with Crippen LogP contribution in [0.15, 0.2) is 30.3 Å². The number of carbonyl (C=O) groups excluding carboxylic acids is 1. The van der Waals surface area contributed by atoms with Gasteiger partial charge >= 0.3 is 18.2 Å². The van der Waals surface area contributed by atoms with E-state index in [1.807, 2.05) is 0 Å². The average molecular weight is 317 g/mol. The first-order valence-electron chi connectivity index (χ1n) is 6.54. The van der Waals surface area contributed by atoms with Gasteiger partial charge in [0.2, 0.25) is 0 Å². The standard InChI is InChI=1S/C14H14F3NO4/c15-14(16,17)11-7-18(6-10(11)12(19)20)13(21)22-8-9-4-2-1-3-5-9/h1-5,10-11H,6-8H2,(H,19,20)/t10-,11-/m0/s1. The van der Waals surface area contributed by atoms with Crippen molar-refractivity contribution in [1.82, 2.24) is 4.90 Å². The zero-order chi connectivity index (χ0) is 16.3. The van der Waals surface area contributed by atoms with Gasteiger partial charge in [0.05, 0.1) is 11.8 Å². The summed E-state index contributed by atoms with van der Waals surface area (Å²) in [6.07, 6.45) is -5.61. The van der Waals surface area contributed by atoms with Gasteiger partial charge in [0.15, 0.2) is 0 Å². The van der Waals surface area contributed by atoms with E-state index in [0.717, 1.165) is 4.90 Å². The highest BCUT2D eigenvalue weighted by atomic mass is 19.4. The Labute approximate surface area is 124 Å². The molecule has 0 unspecified atom stereocenters. The van der Waals surface area contributed by atoms with Crippen molar-refractivity contribution in [2.24, 2.45) is 11.8 Å². The van der Waals surface area contributed by atoms with Crippen LogP contribution in [0.25, 0.3) is 0 Å². The van der Waals surface area contributed by atoms with Crippen LogP contribution in [0.1, 0.15) is 5.56 Å². The minimum Gasteiger partial charge on any atom is -0.481 e. The highest BCUT2D eigenvalue weighted by Gasteiger charge is 2.53. The number of alkyl halides is 3. The van der Waals surface area contributed by atoms with Crippen LogP contribution in [-0.2, 0) is 16.1 Å². The van der Waals surface area contributed by atoms with Crippen LogP contribution >= 0.6 is 0 Å². The van der Waals surface area contributed by atoms with E-state index >= 15 is 0 Å². The lowest BCUT2D eigenvalue weighted by Gasteiger charge is -2.18. The number of ether oxygens (including phenoxy) is 1. The lowest BCUT2D eigenvalue weighted by atomic mass is 9.96. The van der Waals surface area contributed by atoms with Crippen molar-refractivity contribution in [2.75, 3.05) is 13.1 Å². The highest BCUT2D eigenvalue weighted by Crippen LogP contribution is 2.37. The minimum absolute atomic E-state index is 0.0788. The largest absolute Gasteiger partial charge is 0.481 e. The van der Waals surface area contributed by atoms with Gasteiger partial charge in [0.25, 0.3) is 0 Å². The number of hydrogen-bond donors (Lipinski definition) is 1. The summed E-state index contributed by atoms with van der Waals surface area (Å²) in [4.78, 5) is 23.5. The van der Waals surface area contributed by atoms with E-state index in [1.54, 1.807) is 30.3 Å². The molecule has 1 N–H and O–H groups in total. The molecule has 120 valence electrons. The molecule has 1 aliphatic heterocycles. The van der Waals surface area contributed by atoms with E-state index < -0.39 is 43.2 Å². The van der Waals surface area contributed by atoms with E-state index in [0.29, 0.717) is 5.56 Å². The maximum absolute atomic E-state index is 12.8. The van der Waals surface area contributed by atoms with Crippen molar-refractivity contribution in [1.29, 1.82) is 0 Å². The monoisotopic (exact) mass is 317 g/mol. The molecular weight excluding hydrogens is 303 g/mol. The third-order valence-electron chi connectivity index (χ3n) is 3.52. The van der Waals surface area contributed by atoms with Gasteiger partial charge in [-0.25, -0.2) is 4.79 Å². The molecular formula is C14H14F3NO4. The molecule has 1 aromatic carbocycles. The van der Waals surface area contributed by atoms with Crippen molar-refractivity contribution in [3.05, 3.63) is 35.9 Å². The molecule has 22 heavy (non-hydrogen) atoms. The first-order chi connectivity index (χ1) is 10.3. The van der Waals surface area contributed by atoms with Crippen LogP contribution in [0, 0.1) is 11.8 Å². The predicted octanol–water partition coefficient (Wildman–Crippen LogP) is 2.52. The smallest absolute Gasteiger partial charge is 0.410 e. The van der Waals surface area contributed by atoms with Crippen molar-refractivity contribution < 1.29 is 32.6 Å². The second kappa shape index (κ2) is 6.25. The number of rotatable bonds is 3. The van der Waals surface area contributed by atoms with Gasteiger partial charge in [0, 0.05) is 13.1 Å². The maximum Gasteiger partial charge on any atom is 0.410 e. The lowest BCUT2D eigenvalue weighted by Crippen LogP contribution is -2.34. The van der Waals surface area contributed by atoms with Gasteiger partial charge in [-0.05, 0) is 5.56 Å². The van der Waals surface area contributed by atoms with Gasteiger partial charge in [-0.15, -0.1) is 0 Å². The Morgan fingerprint density at radius 2 is 1.86 bits per heavy atom. The third-order valence-corrected chi connectivity index (χ3v) is 3.52. The summed E-state index contributed by atoms with van der Waals surface area (Å²) in [5, 5.41) is 8.88. The Bertz CT molecular complexity index is 547. The number of aliphatic carboxylic acids is 1. The molecule has 0 spiro atoms. The van der Waals surface area contributed by atoms with Crippen molar-refractivity contribution in [3.8, 4) is 0 Å². The quantitative estimate of drug-likeness (QED) is 0.930. The van der Waals surface area contributed by atoms with Gasteiger partial charge in [-0.2, -0.15) is 13.2 Å². The molecule has 1 saturated heterocycles. The molecule has 5 nitrogen and oxygen atoms in total. The molecule has 1 aromatic rings. The van der Waals surface area contributed by atoms with Gasteiger partial charge < -0.3 is 14.7 Å². The Kier molecular flexibility index (Phi) is 4.58. The Morgan fingerprint density at radius 3 is 2.36 bits per heavy atom. The van der Waals surface area contributed by atoms with Crippen LogP contribution in [-0.4, -0.2) is 41.3 Å². The van der Waals surface area contributed by atoms with E-state index in [9.17, 15) is 22.8 Å². The number of nitrogens with zero attached hydrogens (tertiary/aromatic N) is 1. The number of hydrogen-bond acceptors (Lipinski definition) is 3. The zero-order valence-electron chi connectivity index (χ0n) is 11.4. The second-order valence-corrected chi connectivity index (χ2v) is 5.04. The third kappa shape index (κ3) is 3.69. The fourth-order valence-electron chi connectivity index (χ4n) is 2.35. The Hall–Kier alpha value is -2.25. The van der Waals surface area contributed by atoms with Crippen LogP contribution in [0.2, 0.25) is 0 Å². The lowest BCUT2D eigenvalue weighted by molar-refractivity contribution is -0.188. The number of benzene rings is 1. The molecule has 1 amide bonds. The molecule has 1 fully saturated rings. The number of carboxylic acids is 1. The number of halogens is 3. The molecule has 8 heteroatoms. The first kappa shape index (κ1) is 16.1. The molecule has 0 aromatic heterocycles. The topological polar surface area (TPSA) is 66.8 Å². The van der Waals surface area contributed by atoms with Crippen LogP contribution in [0.3, 0.4) is 0 Å². The number of likely N-dealkylation sites (tertiary alicyclic amines) is 1. The summed E-state index contributed by atoms with van der Waals surface area (Å²) in [5.74, 6) is -5.31. The van der Waals surface area contributed by atoms with Gasteiger partial charge in [0.1, 0.15) is 6.61 Å². The van der Waals surface area contributed by atoms with E-state index in [1.165, 1.54) is 0 Å². The molecule has 1 aliphatic rings. The number of carbonyl (C=O) groups is 2. The summed E-state index contributed by atoms with van der Waals surface area (Å²) in [6, 6.07) is 8.65. The van der Waals surface area contributed by atoms with E-state index in [2.05, 4.69) is 0 Å². The summed E-state index contributed by atoms with van der Waals surface area (Å²) >= 11 is 0. The van der Waals surface area contributed by atoms with Gasteiger partial charge in [-0.1, -0.05) is 30.3 Å². The minimum atomic E-state index is -4.67. The second-order valence-electron chi connectivity index (χ2n) is 5.04. The van der Waals surface area contributed by atoms with E-state index in [-0.39, 0.29) is 6.61 Å². The van der Waals surface area contributed by atoms with Crippen molar-refractivity contribution in [3.63, 3.8) is 0 Å². The normalized spacial score (nSPS) is 21.7. The van der Waals surface area contributed by atoms with Crippen LogP contribution in [0.5, 0.6) is 0 Å². The molecule has 0 saturated carbocycles. The summed E-state index contributed by atoms with van der Waals surface area (Å²) in [5.41, 5.74) is 0.692. The van der Waals surface area contributed by atoms with Crippen LogP contribution in [0.4, 0.5) is 18.0 Å². The summed E-state index contributed by atoms with van der Waals surface area (Å²) in [7, 11) is 0. The van der Waals surface area contributed by atoms with Crippen LogP contribution < -0.4 is 0 Å². The van der Waals surface area contributed by atoms with E-state index in [4.69, 9.17) is 9.84 Å². The fourth-order valence-corrected chi connectivity index (χ4v) is 2.35. The molecule has 0 bridgehead atoms. The summed E-state index contributed by atoms with van der Waals surface area (Å²) < 4.78 is 43.4. The SMILES string of the molecule is O=C(O)[C@H]1CN(C(=O)OCc2ccccc2)C[C@@H]1C(F)(F)F. The van der Waals surface area contributed by atoms with Crippen molar-refractivity contribution in [2.45, 2.75) is 12.8 Å². The Morgan fingerprint density at radius 1 is 1.23 bits per heavy atom. The van der Waals surface area contributed by atoms with Gasteiger partial charge in [-0.3, -0.25) is 4.79 Å².